The maximum Gasteiger partial charge on any atom is 0.484 e. The van der Waals surface area contributed by atoms with E-state index in [0.717, 1.165) is 11.1 Å². The molecule has 0 heterocycles. The summed E-state index contributed by atoms with van der Waals surface area (Å²) in [4.78, 5) is 0. The van der Waals surface area contributed by atoms with Crippen molar-refractivity contribution in [1.29, 1.82) is 0 Å². The van der Waals surface area contributed by atoms with Crippen molar-refractivity contribution in [2.45, 2.75) is 36.9 Å². The molecule has 0 N–H and O–H groups in total. The zero-order valence-electron chi connectivity index (χ0n) is 9.44. The van der Waals surface area contributed by atoms with Crippen LogP contribution in [0, 0.1) is 6.92 Å². The van der Waals surface area contributed by atoms with Gasteiger partial charge in [0.25, 0.3) is 0 Å². The van der Waals surface area contributed by atoms with E-state index >= 15 is 0 Å². The molecule has 0 saturated heterocycles. The van der Waals surface area contributed by atoms with E-state index in [4.69, 9.17) is 11.6 Å². The third kappa shape index (κ3) is 1.28. The summed E-state index contributed by atoms with van der Waals surface area (Å²) in [7, 11) is 0. The molecule has 4 rings (SSSR count). The topological polar surface area (TPSA) is 0 Å². The van der Waals surface area contributed by atoms with Crippen LogP contribution in [0.2, 0.25) is 10.3 Å². The summed E-state index contributed by atoms with van der Waals surface area (Å²) in [6.07, 6.45) is 0.806. The molecule has 0 atom stereocenters. The molecule has 3 aliphatic carbocycles. The van der Waals surface area contributed by atoms with Gasteiger partial charge in [0, 0.05) is 5.02 Å². The van der Waals surface area contributed by atoms with Gasteiger partial charge < -0.3 is 12.9 Å². The van der Waals surface area contributed by atoms with Crippen LogP contribution in [0.4, 0.5) is 12.9 Å². The van der Waals surface area contributed by atoms with Crippen LogP contribution in [0.25, 0.3) is 0 Å². The first kappa shape index (κ1) is 11.5. The van der Waals surface area contributed by atoms with Gasteiger partial charge in [-0.1, -0.05) is 48.3 Å². The zero-order valence-corrected chi connectivity index (χ0v) is 10.2. The summed E-state index contributed by atoms with van der Waals surface area (Å²) in [5.41, 5.74) is 1.73. The number of hydrogen-bond donors (Lipinski definition) is 0. The largest absolute Gasteiger partial charge is 0.484 e. The van der Waals surface area contributed by atoms with Crippen molar-refractivity contribution in [2.24, 2.45) is 0 Å². The molecule has 0 unspecified atom stereocenters. The predicted octanol–water partition coefficient (Wildman–Crippen LogP) is 4.67. The fourth-order valence-corrected chi connectivity index (χ4v) is 3.86. The first-order valence-electron chi connectivity index (χ1n) is 5.75. The van der Waals surface area contributed by atoms with Crippen LogP contribution in [0.3, 0.4) is 0 Å². The minimum absolute atomic E-state index is 0.230. The Morgan fingerprint density at radius 1 is 1.18 bits per heavy atom. The molecule has 3 aliphatic rings. The molecule has 3 saturated carbocycles. The Bertz CT molecular complexity index is 475. The van der Waals surface area contributed by atoms with Crippen molar-refractivity contribution >= 4 is 18.6 Å². The summed E-state index contributed by atoms with van der Waals surface area (Å²) in [5, 5.41) is -0.673. The van der Waals surface area contributed by atoms with Gasteiger partial charge in [0.05, 0.1) is 0 Å². The van der Waals surface area contributed by atoms with Crippen LogP contribution in [-0.2, 0) is 5.41 Å². The Balaban J connectivity index is 1.90. The lowest BCUT2D eigenvalue weighted by molar-refractivity contribution is -0.0404. The van der Waals surface area contributed by atoms with Crippen LogP contribution in [-0.4, -0.2) is 6.98 Å². The average molecular weight is 259 g/mol. The summed E-state index contributed by atoms with van der Waals surface area (Å²) >= 11 is 6.02. The maximum atomic E-state index is 12.8. The number of hydrogen-bond acceptors (Lipinski definition) is 0. The second-order valence-corrected chi connectivity index (χ2v) is 6.07. The van der Waals surface area contributed by atoms with E-state index in [9.17, 15) is 12.9 Å². The van der Waals surface area contributed by atoms with Crippen molar-refractivity contribution in [1.82, 2.24) is 0 Å². The molecular weight excluding hydrogens is 247 g/mol. The Morgan fingerprint density at radius 2 is 1.76 bits per heavy atom. The van der Waals surface area contributed by atoms with Gasteiger partial charge in [-0.2, -0.15) is 0 Å². The quantitative estimate of drug-likeness (QED) is 0.677. The van der Waals surface area contributed by atoms with E-state index in [1.807, 2.05) is 19.1 Å². The van der Waals surface area contributed by atoms with E-state index in [0.29, 0.717) is 5.02 Å². The third-order valence-corrected chi connectivity index (χ3v) is 5.01. The molecule has 3 fully saturated rings. The highest BCUT2D eigenvalue weighted by molar-refractivity contribution is 6.63. The summed E-state index contributed by atoms with van der Waals surface area (Å²) < 4.78 is 38.5. The van der Waals surface area contributed by atoms with Crippen molar-refractivity contribution in [3.8, 4) is 0 Å². The second kappa shape index (κ2) is 3.03. The lowest BCUT2D eigenvalue weighted by atomic mass is 9.23. The van der Waals surface area contributed by atoms with Crippen LogP contribution >= 0.6 is 11.6 Å². The number of benzene rings is 1. The maximum absolute atomic E-state index is 12.8. The van der Waals surface area contributed by atoms with Gasteiger partial charge >= 0.3 is 6.98 Å². The van der Waals surface area contributed by atoms with E-state index in [-0.39, 0.29) is 24.7 Å². The van der Waals surface area contributed by atoms with Gasteiger partial charge in [-0.25, -0.2) is 0 Å². The van der Waals surface area contributed by atoms with Crippen LogP contribution in [0.1, 0.15) is 30.4 Å². The highest BCUT2D eigenvalue weighted by Crippen LogP contribution is 2.82. The monoisotopic (exact) mass is 259 g/mol. The Morgan fingerprint density at radius 3 is 2.29 bits per heavy atom. The first-order valence-corrected chi connectivity index (χ1v) is 6.13. The fourth-order valence-electron chi connectivity index (χ4n) is 3.68. The molecule has 0 aromatic heterocycles. The predicted molar refractivity (Wildman–Crippen MR) is 63.5 cm³/mol. The van der Waals surface area contributed by atoms with Crippen molar-refractivity contribution in [3.05, 3.63) is 34.3 Å². The standard InChI is InChI=1S/C12H12BClF3/c1-8-9(3-2-4-10(8)14)11-5-12(6-11,7-11)13(15,16)17/h2-4H,5-7H2,1H3/q-1. The van der Waals surface area contributed by atoms with E-state index in [2.05, 4.69) is 0 Å². The van der Waals surface area contributed by atoms with Crippen molar-refractivity contribution < 1.29 is 12.9 Å². The summed E-state index contributed by atoms with van der Waals surface area (Å²) in [5.74, 6) is 0. The molecule has 1 aromatic carbocycles. The van der Waals surface area contributed by atoms with Crippen molar-refractivity contribution in [3.63, 3.8) is 0 Å². The smallest absolute Gasteiger partial charge is 0.449 e. The molecule has 1 aromatic rings. The van der Waals surface area contributed by atoms with Gasteiger partial charge in [0.1, 0.15) is 0 Å². The molecule has 0 aliphatic heterocycles. The molecule has 0 amide bonds. The van der Waals surface area contributed by atoms with Gasteiger partial charge in [0.15, 0.2) is 0 Å². The molecule has 92 valence electrons. The number of halogens is 4. The summed E-state index contributed by atoms with van der Waals surface area (Å²) in [6, 6.07) is 5.54. The Kier molecular flexibility index (Phi) is 2.04. The first-order chi connectivity index (χ1) is 7.80. The normalized spacial score (nSPS) is 35.1. The van der Waals surface area contributed by atoms with Gasteiger partial charge in [-0.05, 0) is 29.5 Å². The molecule has 17 heavy (non-hydrogen) atoms. The fraction of sp³-hybridized carbons (Fsp3) is 0.500. The molecule has 5 heteroatoms. The number of rotatable bonds is 2. The van der Waals surface area contributed by atoms with E-state index in [1.165, 1.54) is 0 Å². The minimum atomic E-state index is -4.69. The van der Waals surface area contributed by atoms with Crippen LogP contribution < -0.4 is 0 Å². The average Bonchev–Trinajstić information content (AvgIpc) is 2.05. The van der Waals surface area contributed by atoms with Gasteiger partial charge in [0.2, 0.25) is 0 Å². The minimum Gasteiger partial charge on any atom is -0.449 e. The molecule has 0 nitrogen and oxygen atoms in total. The van der Waals surface area contributed by atoms with Gasteiger partial charge in [-0.3, -0.25) is 0 Å². The molecule has 0 spiro atoms. The highest BCUT2D eigenvalue weighted by atomic mass is 35.5. The Labute approximate surface area is 103 Å². The SMILES string of the molecule is Cc1c(Cl)cccc1C12CC([B-](F)(F)F)(C1)C2. The third-order valence-electron chi connectivity index (χ3n) is 4.60. The lowest BCUT2D eigenvalue weighted by Gasteiger charge is -2.76. The van der Waals surface area contributed by atoms with E-state index < -0.39 is 12.3 Å². The van der Waals surface area contributed by atoms with Crippen LogP contribution in [0.5, 0.6) is 0 Å². The molecular formula is C12H12BClF3-. The van der Waals surface area contributed by atoms with Crippen LogP contribution in [0.15, 0.2) is 18.2 Å². The van der Waals surface area contributed by atoms with Gasteiger partial charge in [-0.15, -0.1) is 0 Å². The zero-order chi connectivity index (χ0) is 12.5. The second-order valence-electron chi connectivity index (χ2n) is 5.66. The summed E-state index contributed by atoms with van der Waals surface area (Å²) in [6.45, 7) is -2.79. The molecule has 2 bridgehead atoms. The van der Waals surface area contributed by atoms with E-state index in [1.54, 1.807) is 6.07 Å². The lowest BCUT2D eigenvalue weighted by Crippen LogP contribution is -2.67. The Hall–Kier alpha value is -0.635. The highest BCUT2D eigenvalue weighted by Gasteiger charge is 2.74. The van der Waals surface area contributed by atoms with Crippen molar-refractivity contribution in [2.75, 3.05) is 0 Å². The molecule has 0 radical (unpaired) electrons.